The number of hydrogen-bond acceptors (Lipinski definition) is 4. The highest BCUT2D eigenvalue weighted by atomic mass is 16.4. The van der Waals surface area contributed by atoms with Crippen LogP contribution in [0.3, 0.4) is 0 Å². The summed E-state index contributed by atoms with van der Waals surface area (Å²) in [7, 11) is 0. The molecule has 1 aromatic heterocycles. The van der Waals surface area contributed by atoms with E-state index in [1.54, 1.807) is 24.3 Å². The normalized spacial score (nSPS) is 11.3. The highest BCUT2D eigenvalue weighted by Crippen LogP contribution is 2.41. The van der Waals surface area contributed by atoms with Crippen LogP contribution in [0.1, 0.15) is 24.2 Å². The summed E-state index contributed by atoms with van der Waals surface area (Å²) in [6.07, 6.45) is 0. The number of carboxylic acids is 1. The summed E-state index contributed by atoms with van der Waals surface area (Å²) in [5, 5.41) is 13.1. The molecule has 5 heteroatoms. The SMILES string of the molecule is CCN(CC)c1ccc2c(-c3ccccc3C(=O)O)c3ccc4cc(=O)ccc4c3oc2c1. The predicted octanol–water partition coefficient (Wildman–Crippen LogP) is 6.31. The van der Waals surface area contributed by atoms with E-state index in [1.807, 2.05) is 42.5 Å². The van der Waals surface area contributed by atoms with Gasteiger partial charge in [0.05, 0.1) is 5.56 Å². The smallest absolute Gasteiger partial charge is 0.336 e. The van der Waals surface area contributed by atoms with E-state index in [2.05, 4.69) is 18.7 Å². The predicted molar refractivity (Wildman–Crippen MR) is 133 cm³/mol. The van der Waals surface area contributed by atoms with E-state index in [1.165, 1.54) is 6.07 Å². The molecule has 4 aromatic carbocycles. The van der Waals surface area contributed by atoms with Crippen molar-refractivity contribution < 1.29 is 14.3 Å². The number of carboxylic acid groups (broad SMARTS) is 1. The van der Waals surface area contributed by atoms with Gasteiger partial charge in [-0.25, -0.2) is 4.79 Å². The molecule has 0 radical (unpaired) electrons. The third-order valence-electron chi connectivity index (χ3n) is 6.21. The summed E-state index contributed by atoms with van der Waals surface area (Å²) in [5.74, 6) is -0.982. The lowest BCUT2D eigenvalue weighted by Crippen LogP contribution is -2.21. The van der Waals surface area contributed by atoms with E-state index in [9.17, 15) is 14.7 Å². The van der Waals surface area contributed by atoms with Crippen molar-refractivity contribution in [2.45, 2.75) is 13.8 Å². The Morgan fingerprint density at radius 1 is 0.879 bits per heavy atom. The summed E-state index contributed by atoms with van der Waals surface area (Å²) in [6, 6.07) is 21.8. The fourth-order valence-electron chi connectivity index (χ4n) is 4.61. The number of carbonyl (C=O) groups is 1. The number of aromatic carboxylic acids is 1. The van der Waals surface area contributed by atoms with Crippen molar-refractivity contribution in [3.05, 3.63) is 88.6 Å². The molecule has 0 unspecified atom stereocenters. The molecular weight excluding hydrogens is 414 g/mol. The maximum Gasteiger partial charge on any atom is 0.336 e. The van der Waals surface area contributed by atoms with E-state index in [4.69, 9.17) is 4.42 Å². The van der Waals surface area contributed by atoms with Gasteiger partial charge in [0.15, 0.2) is 5.43 Å². The fraction of sp³-hybridized carbons (Fsp3) is 0.143. The number of nitrogens with zero attached hydrogens (tertiary/aromatic N) is 1. The molecule has 5 rings (SSSR count). The van der Waals surface area contributed by atoms with Crippen LogP contribution in [-0.2, 0) is 0 Å². The Bertz CT molecular complexity index is 1600. The molecular formula is C28H23NO4. The fourth-order valence-corrected chi connectivity index (χ4v) is 4.61. The average molecular weight is 437 g/mol. The number of fused-ring (bicyclic) bond motifs is 4. The van der Waals surface area contributed by atoms with Crippen LogP contribution in [0.15, 0.2) is 82.0 Å². The van der Waals surface area contributed by atoms with Gasteiger partial charge in [0.25, 0.3) is 0 Å². The van der Waals surface area contributed by atoms with E-state index >= 15 is 0 Å². The van der Waals surface area contributed by atoms with Gasteiger partial charge in [-0.1, -0.05) is 24.3 Å². The second kappa shape index (κ2) is 8.10. The van der Waals surface area contributed by atoms with Gasteiger partial charge in [-0.05, 0) is 67.3 Å². The highest BCUT2D eigenvalue weighted by Gasteiger charge is 2.19. The van der Waals surface area contributed by atoms with Gasteiger partial charge in [0.2, 0.25) is 0 Å². The van der Waals surface area contributed by atoms with Crippen LogP contribution < -0.4 is 10.3 Å². The zero-order valence-corrected chi connectivity index (χ0v) is 18.5. The van der Waals surface area contributed by atoms with E-state index in [0.717, 1.165) is 45.9 Å². The molecule has 0 fully saturated rings. The van der Waals surface area contributed by atoms with Crippen molar-refractivity contribution >= 4 is 44.4 Å². The van der Waals surface area contributed by atoms with E-state index in [-0.39, 0.29) is 11.0 Å². The van der Waals surface area contributed by atoms with Crippen LogP contribution in [0, 0.1) is 0 Å². The molecule has 0 bridgehead atoms. The zero-order chi connectivity index (χ0) is 23.1. The van der Waals surface area contributed by atoms with Crippen LogP contribution in [0.2, 0.25) is 0 Å². The van der Waals surface area contributed by atoms with Gasteiger partial charge < -0.3 is 14.4 Å². The van der Waals surface area contributed by atoms with Crippen LogP contribution in [0.4, 0.5) is 5.69 Å². The maximum absolute atomic E-state index is 12.1. The highest BCUT2D eigenvalue weighted by molar-refractivity contribution is 6.17. The third-order valence-corrected chi connectivity index (χ3v) is 6.21. The third kappa shape index (κ3) is 3.42. The van der Waals surface area contributed by atoms with Crippen molar-refractivity contribution in [1.82, 2.24) is 0 Å². The first kappa shape index (κ1) is 20.8. The van der Waals surface area contributed by atoms with Gasteiger partial charge in [0, 0.05) is 46.6 Å². The molecule has 0 spiro atoms. The molecule has 164 valence electrons. The molecule has 5 nitrogen and oxygen atoms in total. The largest absolute Gasteiger partial charge is 0.478 e. The minimum absolute atomic E-state index is 0.0668. The maximum atomic E-state index is 12.1. The molecule has 1 N–H and O–H groups in total. The molecule has 0 saturated carbocycles. The molecule has 0 aliphatic carbocycles. The van der Waals surface area contributed by atoms with Gasteiger partial charge in [0.1, 0.15) is 11.2 Å². The quantitative estimate of drug-likeness (QED) is 0.258. The Balaban J connectivity index is 1.97. The Labute approximate surface area is 190 Å². The van der Waals surface area contributed by atoms with E-state index in [0.29, 0.717) is 16.7 Å². The van der Waals surface area contributed by atoms with Crippen molar-refractivity contribution in [2.24, 2.45) is 0 Å². The van der Waals surface area contributed by atoms with Gasteiger partial charge >= 0.3 is 5.97 Å². The second-order valence-electron chi connectivity index (χ2n) is 8.01. The summed E-state index contributed by atoms with van der Waals surface area (Å²) < 4.78 is 6.47. The minimum Gasteiger partial charge on any atom is -0.478 e. The number of hydrogen-bond donors (Lipinski definition) is 1. The van der Waals surface area contributed by atoms with Crippen LogP contribution >= 0.6 is 0 Å². The minimum atomic E-state index is -0.982. The average Bonchev–Trinajstić information content (AvgIpc) is 2.83. The van der Waals surface area contributed by atoms with Crippen LogP contribution in [0.5, 0.6) is 0 Å². The molecule has 0 aliphatic heterocycles. The molecule has 0 saturated heterocycles. The second-order valence-corrected chi connectivity index (χ2v) is 8.01. The van der Waals surface area contributed by atoms with Crippen LogP contribution in [-0.4, -0.2) is 24.2 Å². The lowest BCUT2D eigenvalue weighted by atomic mass is 9.92. The standard InChI is InChI=1S/C28H23NO4/c1-3-29(4-2)18-10-13-23-25(16-18)33-27-20-14-11-19(30)15-17(20)9-12-24(27)26(23)21-7-5-6-8-22(21)28(31)32/h5-16H,3-4H2,1-2H3,(H,31,32). The summed E-state index contributed by atoms with van der Waals surface area (Å²) in [4.78, 5) is 26.2. The molecule has 0 amide bonds. The lowest BCUT2D eigenvalue weighted by molar-refractivity contribution is 0.0697. The number of benzene rings is 4. The molecule has 0 aliphatic rings. The van der Waals surface area contributed by atoms with E-state index < -0.39 is 5.97 Å². The Kier molecular flexibility index (Phi) is 5.09. The van der Waals surface area contributed by atoms with Gasteiger partial charge in [-0.2, -0.15) is 0 Å². The Morgan fingerprint density at radius 2 is 1.61 bits per heavy atom. The van der Waals surface area contributed by atoms with Gasteiger partial charge in [-0.15, -0.1) is 0 Å². The summed E-state index contributed by atoms with van der Waals surface area (Å²) >= 11 is 0. The molecule has 1 heterocycles. The topological polar surface area (TPSA) is 70.8 Å². The first-order valence-electron chi connectivity index (χ1n) is 11.0. The number of anilines is 1. The number of rotatable bonds is 5. The Hall–Kier alpha value is -4.12. The summed E-state index contributed by atoms with van der Waals surface area (Å²) in [6.45, 7) is 5.93. The zero-order valence-electron chi connectivity index (χ0n) is 18.5. The van der Waals surface area contributed by atoms with Crippen molar-refractivity contribution in [3.8, 4) is 11.1 Å². The lowest BCUT2D eigenvalue weighted by Gasteiger charge is -2.22. The molecule has 33 heavy (non-hydrogen) atoms. The van der Waals surface area contributed by atoms with Crippen LogP contribution in [0.25, 0.3) is 43.8 Å². The van der Waals surface area contributed by atoms with Crippen molar-refractivity contribution in [2.75, 3.05) is 18.0 Å². The molecule has 0 atom stereocenters. The molecule has 5 aromatic rings. The monoisotopic (exact) mass is 437 g/mol. The Morgan fingerprint density at radius 3 is 2.36 bits per heavy atom. The summed E-state index contributed by atoms with van der Waals surface area (Å²) in [5.41, 5.74) is 3.94. The first-order chi connectivity index (χ1) is 16.0. The van der Waals surface area contributed by atoms with Gasteiger partial charge in [-0.3, -0.25) is 4.79 Å². The van der Waals surface area contributed by atoms with Crippen molar-refractivity contribution in [1.29, 1.82) is 0 Å². The van der Waals surface area contributed by atoms with Crippen molar-refractivity contribution in [3.63, 3.8) is 0 Å². The first-order valence-corrected chi connectivity index (χ1v) is 11.0.